The summed E-state index contributed by atoms with van der Waals surface area (Å²) in [5.41, 5.74) is 6.91. The first kappa shape index (κ1) is 12.9. The summed E-state index contributed by atoms with van der Waals surface area (Å²) in [6, 6.07) is 11.0. The Kier molecular flexibility index (Phi) is 4.18. The van der Waals surface area contributed by atoms with Gasteiger partial charge in [-0.1, -0.05) is 29.8 Å². The Balaban J connectivity index is 2.26. The summed E-state index contributed by atoms with van der Waals surface area (Å²) in [6.45, 7) is 1.90. The molecule has 0 aliphatic heterocycles. The second-order valence-electron chi connectivity index (χ2n) is 4.11. The quantitative estimate of drug-likeness (QED) is 0.920. The zero-order chi connectivity index (χ0) is 13.0. The summed E-state index contributed by atoms with van der Waals surface area (Å²) in [7, 11) is 0. The molecular formula is C14H15ClN2O. The summed E-state index contributed by atoms with van der Waals surface area (Å²) in [6.07, 6.45) is 3.21. The lowest BCUT2D eigenvalue weighted by Crippen LogP contribution is -2.29. The third-order valence-electron chi connectivity index (χ3n) is 2.58. The molecule has 0 radical (unpaired) electrons. The van der Waals surface area contributed by atoms with Crippen LogP contribution in [0.3, 0.4) is 0 Å². The lowest BCUT2D eigenvalue weighted by atomic mass is 10.1. The van der Waals surface area contributed by atoms with Crippen LogP contribution < -0.4 is 10.5 Å². The van der Waals surface area contributed by atoms with Gasteiger partial charge in [-0.2, -0.15) is 0 Å². The van der Waals surface area contributed by atoms with Crippen molar-refractivity contribution in [2.45, 2.75) is 19.1 Å². The van der Waals surface area contributed by atoms with Crippen molar-refractivity contribution in [3.05, 3.63) is 59.4 Å². The minimum absolute atomic E-state index is 0.162. The number of ether oxygens (including phenoxy) is 1. The summed E-state index contributed by atoms with van der Waals surface area (Å²) in [4.78, 5) is 4.08. The first-order chi connectivity index (χ1) is 8.68. The highest BCUT2D eigenvalue weighted by atomic mass is 35.5. The van der Waals surface area contributed by atoms with Gasteiger partial charge in [-0.15, -0.1) is 0 Å². The molecule has 2 atom stereocenters. The van der Waals surface area contributed by atoms with Crippen molar-refractivity contribution in [3.8, 4) is 5.75 Å². The zero-order valence-corrected chi connectivity index (χ0v) is 10.8. The summed E-state index contributed by atoms with van der Waals surface area (Å²) in [5.74, 6) is 0.630. The third-order valence-corrected chi connectivity index (χ3v) is 2.89. The molecule has 0 fully saturated rings. The number of pyridine rings is 1. The fourth-order valence-electron chi connectivity index (χ4n) is 1.70. The van der Waals surface area contributed by atoms with E-state index in [1.807, 2.05) is 37.3 Å². The Morgan fingerprint density at radius 3 is 2.61 bits per heavy atom. The van der Waals surface area contributed by atoms with Crippen LogP contribution in [0.2, 0.25) is 5.02 Å². The predicted octanol–water partition coefficient (Wildman–Crippen LogP) is 3.20. The van der Waals surface area contributed by atoms with Crippen molar-refractivity contribution in [2.24, 2.45) is 5.73 Å². The maximum Gasteiger partial charge on any atom is 0.140 e. The number of nitrogens with two attached hydrogens (primary N) is 1. The fourth-order valence-corrected chi connectivity index (χ4v) is 1.88. The summed E-state index contributed by atoms with van der Waals surface area (Å²) >= 11 is 6.08. The SMILES string of the molecule is CC(N)C(Oc1ccccc1Cl)c1cccnc1. The van der Waals surface area contributed by atoms with E-state index in [-0.39, 0.29) is 12.1 Å². The average Bonchev–Trinajstić information content (AvgIpc) is 2.38. The Morgan fingerprint density at radius 1 is 1.22 bits per heavy atom. The number of hydrogen-bond acceptors (Lipinski definition) is 3. The number of nitrogens with zero attached hydrogens (tertiary/aromatic N) is 1. The number of benzene rings is 1. The van der Waals surface area contributed by atoms with Crippen molar-refractivity contribution >= 4 is 11.6 Å². The van der Waals surface area contributed by atoms with Crippen molar-refractivity contribution in [1.29, 1.82) is 0 Å². The van der Waals surface area contributed by atoms with Gasteiger partial charge < -0.3 is 10.5 Å². The van der Waals surface area contributed by atoms with E-state index >= 15 is 0 Å². The molecule has 4 heteroatoms. The minimum Gasteiger partial charge on any atom is -0.482 e. The Labute approximate surface area is 112 Å². The highest BCUT2D eigenvalue weighted by Gasteiger charge is 2.19. The molecule has 2 aromatic rings. The first-order valence-corrected chi connectivity index (χ1v) is 6.13. The molecule has 0 saturated heterocycles. The van der Waals surface area contributed by atoms with Gasteiger partial charge in [0.25, 0.3) is 0 Å². The predicted molar refractivity (Wildman–Crippen MR) is 72.7 cm³/mol. The summed E-state index contributed by atoms with van der Waals surface area (Å²) in [5, 5.41) is 0.576. The molecule has 0 spiro atoms. The standard InChI is InChI=1S/C14H15ClN2O/c1-10(16)14(11-5-4-8-17-9-11)18-13-7-3-2-6-12(13)15/h2-10,14H,16H2,1H3. The highest BCUT2D eigenvalue weighted by molar-refractivity contribution is 6.32. The molecule has 0 amide bonds. The molecule has 2 rings (SSSR count). The van der Waals surface area contributed by atoms with Crippen LogP contribution in [0.15, 0.2) is 48.8 Å². The van der Waals surface area contributed by atoms with Gasteiger partial charge >= 0.3 is 0 Å². The Morgan fingerprint density at radius 2 is 2.00 bits per heavy atom. The van der Waals surface area contributed by atoms with E-state index in [0.717, 1.165) is 5.56 Å². The molecule has 1 heterocycles. The molecule has 94 valence electrons. The van der Waals surface area contributed by atoms with Crippen LogP contribution in [0.25, 0.3) is 0 Å². The number of aromatic nitrogens is 1. The molecular weight excluding hydrogens is 248 g/mol. The van der Waals surface area contributed by atoms with E-state index in [1.165, 1.54) is 0 Å². The van der Waals surface area contributed by atoms with Gasteiger partial charge in [-0.3, -0.25) is 4.98 Å². The van der Waals surface area contributed by atoms with Crippen LogP contribution in [0.5, 0.6) is 5.75 Å². The van der Waals surface area contributed by atoms with E-state index in [2.05, 4.69) is 4.98 Å². The maximum absolute atomic E-state index is 6.08. The average molecular weight is 263 g/mol. The molecule has 2 unspecified atom stereocenters. The molecule has 1 aromatic carbocycles. The highest BCUT2D eigenvalue weighted by Crippen LogP contribution is 2.29. The lowest BCUT2D eigenvalue weighted by Gasteiger charge is -2.23. The molecule has 0 bridgehead atoms. The third kappa shape index (κ3) is 3.00. The van der Waals surface area contributed by atoms with E-state index in [1.54, 1.807) is 18.5 Å². The molecule has 0 aliphatic rings. The maximum atomic E-state index is 6.08. The minimum atomic E-state index is -0.265. The Bertz CT molecular complexity index is 502. The smallest absolute Gasteiger partial charge is 0.140 e. The van der Waals surface area contributed by atoms with Gasteiger partial charge in [0.2, 0.25) is 0 Å². The lowest BCUT2D eigenvalue weighted by molar-refractivity contribution is 0.180. The largest absolute Gasteiger partial charge is 0.482 e. The zero-order valence-electron chi connectivity index (χ0n) is 10.1. The van der Waals surface area contributed by atoms with Gasteiger partial charge in [0.15, 0.2) is 0 Å². The molecule has 0 saturated carbocycles. The fraction of sp³-hybridized carbons (Fsp3) is 0.214. The number of para-hydroxylation sites is 1. The normalized spacial score (nSPS) is 13.9. The second-order valence-corrected chi connectivity index (χ2v) is 4.52. The number of halogens is 1. The first-order valence-electron chi connectivity index (χ1n) is 5.75. The van der Waals surface area contributed by atoms with E-state index < -0.39 is 0 Å². The molecule has 18 heavy (non-hydrogen) atoms. The molecule has 0 aliphatic carbocycles. The number of rotatable bonds is 4. The monoisotopic (exact) mass is 262 g/mol. The van der Waals surface area contributed by atoms with Gasteiger partial charge in [-0.05, 0) is 25.1 Å². The van der Waals surface area contributed by atoms with Crippen molar-refractivity contribution < 1.29 is 4.74 Å². The number of hydrogen-bond donors (Lipinski definition) is 1. The van der Waals surface area contributed by atoms with E-state index in [4.69, 9.17) is 22.1 Å². The van der Waals surface area contributed by atoms with Crippen molar-refractivity contribution in [2.75, 3.05) is 0 Å². The molecule has 1 aromatic heterocycles. The van der Waals surface area contributed by atoms with Crippen molar-refractivity contribution in [1.82, 2.24) is 4.98 Å². The van der Waals surface area contributed by atoms with Gasteiger partial charge in [-0.25, -0.2) is 0 Å². The van der Waals surface area contributed by atoms with Crippen LogP contribution in [0.1, 0.15) is 18.6 Å². The topological polar surface area (TPSA) is 48.1 Å². The van der Waals surface area contributed by atoms with Crippen LogP contribution in [-0.4, -0.2) is 11.0 Å². The van der Waals surface area contributed by atoms with Gasteiger partial charge in [0.05, 0.1) is 5.02 Å². The van der Waals surface area contributed by atoms with Gasteiger partial charge in [0, 0.05) is 24.0 Å². The Hall–Kier alpha value is -1.58. The van der Waals surface area contributed by atoms with Crippen LogP contribution in [-0.2, 0) is 0 Å². The van der Waals surface area contributed by atoms with E-state index in [9.17, 15) is 0 Å². The van der Waals surface area contributed by atoms with Crippen LogP contribution >= 0.6 is 11.6 Å². The second kappa shape index (κ2) is 5.85. The van der Waals surface area contributed by atoms with Crippen LogP contribution in [0.4, 0.5) is 0 Å². The van der Waals surface area contributed by atoms with Crippen molar-refractivity contribution in [3.63, 3.8) is 0 Å². The van der Waals surface area contributed by atoms with E-state index in [0.29, 0.717) is 10.8 Å². The molecule has 3 nitrogen and oxygen atoms in total. The van der Waals surface area contributed by atoms with Gasteiger partial charge in [0.1, 0.15) is 11.9 Å². The molecule has 2 N–H and O–H groups in total. The van der Waals surface area contributed by atoms with Crippen LogP contribution in [0, 0.1) is 0 Å². The summed E-state index contributed by atoms with van der Waals surface area (Å²) < 4.78 is 5.90.